The summed E-state index contributed by atoms with van der Waals surface area (Å²) in [6, 6.07) is 0. The first-order valence-corrected chi connectivity index (χ1v) is 26.7. The fraction of sp³-hybridized carbons (Fsp3) is 0.708. The maximum atomic E-state index is 12.7. The Morgan fingerprint density at radius 1 is 0.554 bits per heavy atom. The van der Waals surface area contributed by atoms with Crippen molar-refractivity contribution in [3.63, 3.8) is 0 Å². The van der Waals surface area contributed by atoms with Crippen molar-refractivity contribution in [2.75, 3.05) is 26.4 Å². The third-order valence-corrected chi connectivity index (χ3v) is 11.1. The Labute approximate surface area is 390 Å². The number of phosphoric acid groups is 2. The molecule has 0 radical (unpaired) electrons. The molecule has 0 aromatic rings. The van der Waals surface area contributed by atoms with Crippen molar-refractivity contribution < 1.29 is 71.8 Å². The molecule has 0 aliphatic heterocycles. The number of carbonyl (C=O) groups excluding carboxylic acids is 2. The van der Waals surface area contributed by atoms with E-state index in [0.29, 0.717) is 32.1 Å². The Bertz CT molecular complexity index is 1470. The molecule has 0 spiro atoms. The van der Waals surface area contributed by atoms with Crippen LogP contribution in [0.15, 0.2) is 72.9 Å². The topological polar surface area (TPSA) is 236 Å². The number of phosphoric ester groups is 2. The molecule has 0 amide bonds. The maximum Gasteiger partial charge on any atom is 0.472 e. The molecule has 1 unspecified atom stereocenters. The van der Waals surface area contributed by atoms with Crippen LogP contribution in [0.25, 0.3) is 0 Å². The van der Waals surface area contributed by atoms with Gasteiger partial charge in [0.05, 0.1) is 32.0 Å². The first-order chi connectivity index (χ1) is 31.0. The Hall–Kier alpha value is -2.52. The van der Waals surface area contributed by atoms with Crippen LogP contribution in [0.1, 0.15) is 162 Å². The Kier molecular flexibility index (Phi) is 40.0. The van der Waals surface area contributed by atoms with E-state index in [2.05, 4.69) is 22.9 Å². The quantitative estimate of drug-likeness (QED) is 0.0110. The van der Waals surface area contributed by atoms with E-state index in [4.69, 9.17) is 23.8 Å². The lowest BCUT2D eigenvalue weighted by atomic mass is 10.0. The number of aliphatic hydroxyl groups excluding tert-OH is 3. The summed E-state index contributed by atoms with van der Waals surface area (Å²) in [6.07, 6.45) is 38.3. The van der Waals surface area contributed by atoms with E-state index < -0.39 is 78.4 Å². The van der Waals surface area contributed by atoms with Gasteiger partial charge in [0.1, 0.15) is 12.7 Å². The predicted molar refractivity (Wildman–Crippen MR) is 256 cm³/mol. The minimum absolute atomic E-state index is 0.0116. The highest BCUT2D eigenvalue weighted by atomic mass is 31.2. The maximum absolute atomic E-state index is 12.7. The summed E-state index contributed by atoms with van der Waals surface area (Å²) >= 11 is 0. The van der Waals surface area contributed by atoms with E-state index in [1.165, 1.54) is 64.2 Å². The Morgan fingerprint density at radius 3 is 1.58 bits per heavy atom. The third kappa shape index (κ3) is 46.4. The molecule has 0 aromatic heterocycles. The highest BCUT2D eigenvalue weighted by Gasteiger charge is 2.28. The Morgan fingerprint density at radius 2 is 1.05 bits per heavy atom. The number of esters is 2. The van der Waals surface area contributed by atoms with E-state index in [0.717, 1.165) is 38.0 Å². The molecule has 0 aromatic carbocycles. The van der Waals surface area contributed by atoms with Crippen molar-refractivity contribution in [1.82, 2.24) is 0 Å². The monoisotopic (exact) mass is 963 g/mol. The van der Waals surface area contributed by atoms with Gasteiger partial charge in [0, 0.05) is 12.8 Å². The van der Waals surface area contributed by atoms with Crippen LogP contribution in [0.5, 0.6) is 0 Å². The number of carbonyl (C=O) groups is 2. The number of hydrogen-bond donors (Lipinski definition) is 6. The van der Waals surface area contributed by atoms with Gasteiger partial charge >= 0.3 is 27.6 Å². The molecular weight excluding hydrogens is 878 g/mol. The van der Waals surface area contributed by atoms with Crippen molar-refractivity contribution >= 4 is 27.6 Å². The van der Waals surface area contributed by atoms with Crippen molar-refractivity contribution in [3.05, 3.63) is 72.9 Å². The van der Waals surface area contributed by atoms with Gasteiger partial charge in [-0.05, 0) is 44.4 Å². The van der Waals surface area contributed by atoms with Gasteiger partial charge in [0.2, 0.25) is 0 Å². The largest absolute Gasteiger partial charge is 0.472 e. The second-order valence-corrected chi connectivity index (χ2v) is 19.2. The van der Waals surface area contributed by atoms with E-state index in [9.17, 15) is 38.9 Å². The van der Waals surface area contributed by atoms with Crippen LogP contribution < -0.4 is 0 Å². The third-order valence-electron chi connectivity index (χ3n) is 9.71. The predicted octanol–water partition coefficient (Wildman–Crippen LogP) is 10.4. The number of unbranched alkanes of at least 4 members (excludes halogenated alkanes) is 13. The number of hydrogen-bond acceptors (Lipinski definition) is 12. The molecule has 65 heavy (non-hydrogen) atoms. The molecule has 0 aliphatic carbocycles. The average molecular weight is 963 g/mol. The molecule has 0 fully saturated rings. The first kappa shape index (κ1) is 62.5. The lowest BCUT2D eigenvalue weighted by Crippen LogP contribution is -2.29. The normalized spacial score (nSPS) is 15.6. The van der Waals surface area contributed by atoms with Crippen molar-refractivity contribution in [2.45, 2.75) is 186 Å². The number of rotatable bonds is 43. The summed E-state index contributed by atoms with van der Waals surface area (Å²) in [6.45, 7) is 3.70. The van der Waals surface area contributed by atoms with Crippen LogP contribution in [0.2, 0.25) is 0 Å². The average Bonchev–Trinajstić information content (AvgIpc) is 3.24. The van der Waals surface area contributed by atoms with Crippen LogP contribution in [0.3, 0.4) is 0 Å². The highest BCUT2D eigenvalue weighted by Crippen LogP contribution is 2.43. The van der Waals surface area contributed by atoms with Crippen LogP contribution in [0.4, 0.5) is 0 Å². The van der Waals surface area contributed by atoms with E-state index >= 15 is 0 Å². The lowest BCUT2D eigenvalue weighted by molar-refractivity contribution is -0.161. The molecule has 0 saturated carbocycles. The van der Waals surface area contributed by atoms with E-state index in [1.54, 1.807) is 42.5 Å². The smallest absolute Gasteiger partial charge is 0.462 e. The molecule has 15 nitrogen and oxygen atoms in total. The van der Waals surface area contributed by atoms with E-state index in [1.807, 2.05) is 37.3 Å². The zero-order chi connectivity index (χ0) is 48.4. The highest BCUT2D eigenvalue weighted by molar-refractivity contribution is 7.47. The summed E-state index contributed by atoms with van der Waals surface area (Å²) in [7, 11) is -9.74. The molecular formula is C48H84O15P2. The summed E-state index contributed by atoms with van der Waals surface area (Å²) in [5.41, 5.74) is 0. The molecule has 376 valence electrons. The molecule has 17 heteroatoms. The summed E-state index contributed by atoms with van der Waals surface area (Å²) in [5, 5.41) is 29.7. The molecule has 0 heterocycles. The zero-order valence-corrected chi connectivity index (χ0v) is 41.2. The van der Waals surface area contributed by atoms with Gasteiger partial charge < -0.3 is 39.5 Å². The molecule has 0 aliphatic rings. The molecule has 5 atom stereocenters. The molecule has 6 N–H and O–H groups in total. The summed E-state index contributed by atoms with van der Waals surface area (Å²) in [5.74, 6) is -0.402. The second-order valence-electron chi connectivity index (χ2n) is 16.5. The second kappa shape index (κ2) is 41.7. The van der Waals surface area contributed by atoms with Crippen molar-refractivity contribution in [1.29, 1.82) is 0 Å². The molecule has 0 saturated heterocycles. The fourth-order valence-corrected chi connectivity index (χ4v) is 7.24. The van der Waals surface area contributed by atoms with Gasteiger partial charge in [-0.2, -0.15) is 0 Å². The minimum atomic E-state index is -4.89. The number of allylic oxidation sites excluding steroid dienone is 8. The summed E-state index contributed by atoms with van der Waals surface area (Å²) < 4.78 is 47.7. The van der Waals surface area contributed by atoms with Gasteiger partial charge in [-0.3, -0.25) is 23.2 Å². The van der Waals surface area contributed by atoms with Gasteiger partial charge in [0.15, 0.2) is 6.10 Å². The molecule has 0 bridgehead atoms. The van der Waals surface area contributed by atoms with Gasteiger partial charge in [-0.25, -0.2) is 9.13 Å². The Balaban J connectivity index is 4.68. The standard InChI is InChI=1S/C48H84O15P2/c1-4-5-24-32-43(49)34-27-22-23-28-35-44(50)33-26-19-16-17-20-29-36-47(52)59-40-46(41-62-65(57,58)61-39-45(51)38-60-64(54,55)56)63-48(53)37-30-21-15-13-11-9-7-6-8-10-12-14-18-25-31-42(2)3/h5,17,19-20,22-24,26-28,34-35,42-46,49-51H,4,6-16,18,21,25,29-33,36-41H2,1-3H3,(H,57,58)(H2,54,55,56)/b20-17-,23-22-,24-5-,26-19-,34-27+,35-28+/t43-,44+,45+,46-/m1/s1. The number of ether oxygens (including phenoxy) is 2. The first-order valence-electron chi connectivity index (χ1n) is 23.7. The van der Waals surface area contributed by atoms with Gasteiger partial charge in [0.25, 0.3) is 0 Å². The summed E-state index contributed by atoms with van der Waals surface area (Å²) in [4.78, 5) is 52.8. The van der Waals surface area contributed by atoms with Gasteiger partial charge in [-0.15, -0.1) is 0 Å². The van der Waals surface area contributed by atoms with E-state index in [-0.39, 0.29) is 12.8 Å². The zero-order valence-electron chi connectivity index (χ0n) is 39.5. The minimum Gasteiger partial charge on any atom is -0.462 e. The lowest BCUT2D eigenvalue weighted by Gasteiger charge is -2.20. The van der Waals surface area contributed by atoms with Crippen molar-refractivity contribution in [2.24, 2.45) is 5.92 Å². The van der Waals surface area contributed by atoms with Crippen LogP contribution in [-0.2, 0) is 41.8 Å². The number of aliphatic hydroxyl groups is 3. The van der Waals surface area contributed by atoms with Crippen LogP contribution in [0, 0.1) is 5.92 Å². The fourth-order valence-electron chi connectivity index (χ4n) is 6.09. The van der Waals surface area contributed by atoms with Crippen molar-refractivity contribution in [3.8, 4) is 0 Å². The SMILES string of the molecule is CC/C=C\C[C@@H](O)/C=C/C=C\C=C\[C@@H](O)C/C=C\C/C=C\CCC(=O)OC[C@H](COP(=O)(O)OC[C@@H](O)COP(=O)(O)O)OC(=O)CCCCCCCCCCCCCCCCC(C)C. The van der Waals surface area contributed by atoms with Crippen LogP contribution >= 0.6 is 15.6 Å². The van der Waals surface area contributed by atoms with Gasteiger partial charge in [-0.1, -0.05) is 184 Å². The molecule has 0 rings (SSSR count). The van der Waals surface area contributed by atoms with Crippen LogP contribution in [-0.4, -0.2) is 92.8 Å².